The van der Waals surface area contributed by atoms with Crippen molar-refractivity contribution in [2.45, 2.75) is 91.4 Å². The molecule has 5 aliphatic heterocycles. The number of ether oxygens (including phenoxy) is 4. The third-order valence-corrected chi connectivity index (χ3v) is 12.3. The first kappa shape index (κ1) is 47.0. The number of amides is 4. The molecular weight excluding hydrogens is 841 g/mol. The van der Waals surface area contributed by atoms with Gasteiger partial charge in [-0.25, -0.2) is 29.5 Å². The number of rotatable bonds is 10. The van der Waals surface area contributed by atoms with Gasteiger partial charge in [-0.05, 0) is 109 Å². The predicted molar refractivity (Wildman–Crippen MR) is 255 cm³/mol. The fourth-order valence-electron chi connectivity index (χ4n) is 9.00. The third-order valence-electron chi connectivity index (χ3n) is 12.3. The second-order valence-corrected chi connectivity index (χ2v) is 17.8. The highest BCUT2D eigenvalue weighted by Gasteiger charge is 2.36. The number of hydrogen-bond acceptors (Lipinski definition) is 14. The van der Waals surface area contributed by atoms with Crippen LogP contribution in [0.5, 0.6) is 0 Å². The molecule has 9 rings (SSSR count). The Balaban J connectivity index is 0.000000185. The maximum absolute atomic E-state index is 11.9. The van der Waals surface area contributed by atoms with Gasteiger partial charge in [0, 0.05) is 86.0 Å². The Morgan fingerprint density at radius 1 is 0.712 bits per heavy atom. The number of carbonyl (C=O) groups excluding carboxylic acids is 2. The van der Waals surface area contributed by atoms with E-state index in [4.69, 9.17) is 38.9 Å². The summed E-state index contributed by atoms with van der Waals surface area (Å²) in [5.74, 6) is 2.94. The van der Waals surface area contributed by atoms with Gasteiger partial charge in [0.2, 0.25) is 0 Å². The van der Waals surface area contributed by atoms with Gasteiger partial charge in [0.25, 0.3) is 0 Å². The maximum atomic E-state index is 11.9. The van der Waals surface area contributed by atoms with Crippen LogP contribution in [0.4, 0.5) is 32.6 Å². The van der Waals surface area contributed by atoms with Gasteiger partial charge in [-0.2, -0.15) is 0 Å². The van der Waals surface area contributed by atoms with Crippen LogP contribution < -0.4 is 36.4 Å². The zero-order valence-electron chi connectivity index (χ0n) is 39.2. The van der Waals surface area contributed by atoms with Crippen LogP contribution in [-0.2, 0) is 44.9 Å². The lowest BCUT2D eigenvalue weighted by molar-refractivity contribution is -0.140. The Hall–Kier alpha value is -5.50. The van der Waals surface area contributed by atoms with Crippen molar-refractivity contribution in [2.75, 3.05) is 99.3 Å². The Morgan fingerprint density at radius 2 is 1.24 bits per heavy atom. The molecule has 0 unspecified atom stereocenters. The second kappa shape index (κ2) is 21.4. The minimum Gasteiger partial charge on any atom is -0.377 e. The number of nitrogens with one attached hydrogen (secondary N) is 5. The molecule has 0 aliphatic carbocycles. The standard InChI is InChI=1S/C27H38N6O4.C21H28N6O2/c1-5-28-26(34)29-20-8-6-19(7-9-20)24-30-23-15-32(14-21-17-36-27(3,4)37-21)11-10-22(23)25(31-24)33-12-13-35-16-18(33)2;1-3-23-21(28)24-16-6-4-15(5-7-16)19-25-18-12-22-9-8-17(18)20(26-19)27-10-11-29-13-14(27)2/h6-9,18,21H,5,10-17H2,1-4H3,(H2,28,29,34);4-7,14,22H,3,8-13H2,1-2H3,(H2,23,24,28)/t18-,21+;14-/m00/s1. The van der Waals surface area contributed by atoms with Gasteiger partial charge in [-0.15, -0.1) is 0 Å². The monoisotopic (exact) mass is 907 g/mol. The van der Waals surface area contributed by atoms with Crippen LogP contribution in [0.1, 0.15) is 64.1 Å². The van der Waals surface area contributed by atoms with E-state index >= 15 is 0 Å². The first-order chi connectivity index (χ1) is 32.0. The summed E-state index contributed by atoms with van der Waals surface area (Å²) in [7, 11) is 0. The van der Waals surface area contributed by atoms with E-state index in [-0.39, 0.29) is 30.2 Å². The zero-order chi connectivity index (χ0) is 46.2. The number of anilines is 4. The quantitative estimate of drug-likeness (QED) is 0.140. The van der Waals surface area contributed by atoms with Crippen molar-refractivity contribution in [1.29, 1.82) is 0 Å². The second-order valence-electron chi connectivity index (χ2n) is 17.8. The van der Waals surface area contributed by atoms with Crippen LogP contribution >= 0.6 is 0 Å². The van der Waals surface area contributed by atoms with Crippen molar-refractivity contribution in [3.63, 3.8) is 0 Å². The van der Waals surface area contributed by atoms with Crippen molar-refractivity contribution < 1.29 is 28.5 Å². The minimum absolute atomic E-state index is 0.0570. The highest BCUT2D eigenvalue weighted by Crippen LogP contribution is 2.34. The van der Waals surface area contributed by atoms with Crippen LogP contribution in [0.15, 0.2) is 48.5 Å². The van der Waals surface area contributed by atoms with Crippen LogP contribution in [-0.4, -0.2) is 140 Å². The van der Waals surface area contributed by atoms with Gasteiger partial charge < -0.3 is 55.3 Å². The van der Waals surface area contributed by atoms with Gasteiger partial charge in [0.05, 0.1) is 62.6 Å². The fraction of sp³-hybridized carbons (Fsp3) is 0.542. The van der Waals surface area contributed by atoms with E-state index in [1.54, 1.807) is 0 Å². The number of hydrogen-bond donors (Lipinski definition) is 5. The Morgan fingerprint density at radius 3 is 1.74 bits per heavy atom. The first-order valence-electron chi connectivity index (χ1n) is 23.5. The van der Waals surface area contributed by atoms with Crippen molar-refractivity contribution >= 4 is 35.1 Å². The lowest BCUT2D eigenvalue weighted by atomic mass is 10.0. The highest BCUT2D eigenvalue weighted by atomic mass is 16.7. The maximum Gasteiger partial charge on any atom is 0.319 e. The lowest BCUT2D eigenvalue weighted by Crippen LogP contribution is -2.46. The number of nitrogens with zero attached hydrogens (tertiary/aromatic N) is 7. The molecule has 3 fully saturated rings. The average molecular weight is 907 g/mol. The Kier molecular flexibility index (Phi) is 15.3. The minimum atomic E-state index is -0.522. The summed E-state index contributed by atoms with van der Waals surface area (Å²) in [6.07, 6.45) is 1.88. The van der Waals surface area contributed by atoms with Gasteiger partial charge in [0.15, 0.2) is 17.4 Å². The Bertz CT molecular complexity index is 2300. The molecular formula is C48H66N12O6. The average Bonchev–Trinajstić information content (AvgIpc) is 3.66. The summed E-state index contributed by atoms with van der Waals surface area (Å²) < 4.78 is 23.2. The molecule has 7 heterocycles. The summed E-state index contributed by atoms with van der Waals surface area (Å²) in [5, 5.41) is 14.5. The van der Waals surface area contributed by atoms with Gasteiger partial charge in [0.1, 0.15) is 11.6 Å². The van der Waals surface area contributed by atoms with E-state index in [0.717, 1.165) is 111 Å². The predicted octanol–water partition coefficient (Wildman–Crippen LogP) is 5.18. The number of fused-ring (bicyclic) bond motifs is 2. The smallest absolute Gasteiger partial charge is 0.319 e. The zero-order valence-corrected chi connectivity index (χ0v) is 39.2. The van der Waals surface area contributed by atoms with Crippen LogP contribution in [0, 0.1) is 0 Å². The van der Waals surface area contributed by atoms with Gasteiger partial charge in [-0.3, -0.25) is 4.90 Å². The van der Waals surface area contributed by atoms with E-state index in [9.17, 15) is 9.59 Å². The molecule has 0 spiro atoms. The van der Waals surface area contributed by atoms with E-state index in [2.05, 4.69) is 55.1 Å². The topological polar surface area (TPSA) is 192 Å². The summed E-state index contributed by atoms with van der Waals surface area (Å²) in [4.78, 5) is 50.7. The summed E-state index contributed by atoms with van der Waals surface area (Å²) in [6, 6.07) is 15.5. The fourth-order valence-corrected chi connectivity index (χ4v) is 9.00. The lowest BCUT2D eigenvalue weighted by Gasteiger charge is -2.38. The van der Waals surface area contributed by atoms with Crippen LogP contribution in [0.25, 0.3) is 22.8 Å². The van der Waals surface area contributed by atoms with E-state index in [1.807, 2.05) is 76.2 Å². The molecule has 0 saturated carbocycles. The van der Waals surface area contributed by atoms with Crippen LogP contribution in [0.2, 0.25) is 0 Å². The number of aromatic nitrogens is 4. The number of carbonyl (C=O) groups is 2. The van der Waals surface area contributed by atoms with Gasteiger partial charge >= 0.3 is 12.1 Å². The molecule has 66 heavy (non-hydrogen) atoms. The van der Waals surface area contributed by atoms with Crippen molar-refractivity contribution in [1.82, 2.24) is 40.8 Å². The third kappa shape index (κ3) is 11.5. The molecule has 4 aromatic rings. The molecule has 354 valence electrons. The largest absolute Gasteiger partial charge is 0.377 e. The highest BCUT2D eigenvalue weighted by molar-refractivity contribution is 5.90. The molecule has 3 atom stereocenters. The van der Waals surface area contributed by atoms with Crippen LogP contribution in [0.3, 0.4) is 0 Å². The molecule has 0 bridgehead atoms. The molecule has 18 heteroatoms. The normalized spacial score (nSPS) is 21.5. The van der Waals surface area contributed by atoms with E-state index < -0.39 is 5.79 Å². The molecule has 5 aliphatic rings. The summed E-state index contributed by atoms with van der Waals surface area (Å²) >= 11 is 0. The van der Waals surface area contributed by atoms with Gasteiger partial charge in [-0.1, -0.05) is 0 Å². The van der Waals surface area contributed by atoms with Crippen molar-refractivity contribution in [3.05, 3.63) is 71.0 Å². The number of benzene rings is 2. The molecule has 3 saturated heterocycles. The number of morpholine rings is 2. The summed E-state index contributed by atoms with van der Waals surface area (Å²) in [5.41, 5.74) is 7.92. The molecule has 18 nitrogen and oxygen atoms in total. The molecule has 0 radical (unpaired) electrons. The SMILES string of the molecule is CCNC(=O)Nc1ccc(-c2nc3c(c(N4CCOC[C@@H]4C)n2)CCN(C[C@@H]2COC(C)(C)O2)C3)cc1.CCNC(=O)Nc1ccc(-c2nc3c(c(N4CCOC[C@@H]4C)n2)CCNC3)cc1. The van der Waals surface area contributed by atoms with Crippen molar-refractivity contribution in [2.24, 2.45) is 0 Å². The molecule has 2 aromatic heterocycles. The first-order valence-corrected chi connectivity index (χ1v) is 23.5. The van der Waals surface area contributed by atoms with E-state index in [0.29, 0.717) is 51.2 Å². The Labute approximate surface area is 387 Å². The molecule has 4 amide bonds. The van der Waals surface area contributed by atoms with E-state index in [1.165, 1.54) is 11.1 Å². The molecule has 5 N–H and O–H groups in total. The molecule has 2 aromatic carbocycles. The summed E-state index contributed by atoms with van der Waals surface area (Å²) in [6.45, 7) is 22.5. The van der Waals surface area contributed by atoms with Crippen molar-refractivity contribution in [3.8, 4) is 22.8 Å². The number of urea groups is 2.